The van der Waals surface area contributed by atoms with Crippen LogP contribution in [0.15, 0.2) is 48.5 Å². The van der Waals surface area contributed by atoms with Gasteiger partial charge in [-0.2, -0.15) is 0 Å². The van der Waals surface area contributed by atoms with Gasteiger partial charge >= 0.3 is 0 Å². The average Bonchev–Trinajstić information content (AvgIpc) is 2.73. The molecule has 180 valence electrons. The Hall–Kier alpha value is -2.87. The summed E-state index contributed by atoms with van der Waals surface area (Å²) < 4.78 is 26.2. The van der Waals surface area contributed by atoms with Crippen molar-refractivity contribution in [2.75, 3.05) is 23.7 Å². The third kappa shape index (κ3) is 7.89. The molecule has 7 nitrogen and oxygen atoms in total. The Morgan fingerprint density at radius 3 is 2.15 bits per heavy atom. The number of amides is 2. The standard InChI is InChI=1S/C25H35N3O4S/c1-18(2)15-26-25(30)21(5)27(16-22-12-10-19(3)11-13-22)24(29)17-28(33(6,31)32)23-9-7-8-20(4)14-23/h7-14,18,21H,15-17H2,1-6H3,(H,26,30)/t21-/m0/s1. The Bertz CT molecular complexity index is 1070. The summed E-state index contributed by atoms with van der Waals surface area (Å²) in [6.45, 7) is 9.78. The summed E-state index contributed by atoms with van der Waals surface area (Å²) in [6, 6.07) is 13.9. The Balaban J connectivity index is 2.35. The van der Waals surface area contributed by atoms with Crippen LogP contribution in [0.3, 0.4) is 0 Å². The van der Waals surface area contributed by atoms with Gasteiger partial charge in [-0.3, -0.25) is 13.9 Å². The van der Waals surface area contributed by atoms with Crippen LogP contribution in [-0.2, 0) is 26.2 Å². The molecule has 1 N–H and O–H groups in total. The number of anilines is 1. The van der Waals surface area contributed by atoms with Gasteiger partial charge in [-0.25, -0.2) is 8.42 Å². The van der Waals surface area contributed by atoms with Gasteiger partial charge in [0.05, 0.1) is 11.9 Å². The van der Waals surface area contributed by atoms with E-state index in [9.17, 15) is 18.0 Å². The molecule has 0 aliphatic rings. The van der Waals surface area contributed by atoms with Crippen molar-refractivity contribution in [1.82, 2.24) is 10.2 Å². The number of carbonyl (C=O) groups is 2. The van der Waals surface area contributed by atoms with Crippen LogP contribution in [0.2, 0.25) is 0 Å². The molecular formula is C25H35N3O4S. The lowest BCUT2D eigenvalue weighted by molar-refractivity contribution is -0.139. The fourth-order valence-corrected chi connectivity index (χ4v) is 4.16. The van der Waals surface area contributed by atoms with Crippen molar-refractivity contribution >= 4 is 27.5 Å². The lowest BCUT2D eigenvalue weighted by Crippen LogP contribution is -2.51. The van der Waals surface area contributed by atoms with Crippen LogP contribution < -0.4 is 9.62 Å². The van der Waals surface area contributed by atoms with Crippen molar-refractivity contribution in [1.29, 1.82) is 0 Å². The van der Waals surface area contributed by atoms with Gasteiger partial charge in [-0.15, -0.1) is 0 Å². The number of hydrogen-bond donors (Lipinski definition) is 1. The molecule has 8 heteroatoms. The smallest absolute Gasteiger partial charge is 0.244 e. The molecule has 0 saturated carbocycles. The zero-order chi connectivity index (χ0) is 24.8. The maximum atomic E-state index is 13.5. The van der Waals surface area contributed by atoms with Gasteiger partial charge in [0, 0.05) is 13.1 Å². The highest BCUT2D eigenvalue weighted by Crippen LogP contribution is 2.20. The van der Waals surface area contributed by atoms with Crippen LogP contribution >= 0.6 is 0 Å². The fraction of sp³-hybridized carbons (Fsp3) is 0.440. The van der Waals surface area contributed by atoms with Crippen molar-refractivity contribution in [3.8, 4) is 0 Å². The molecule has 0 bridgehead atoms. The van der Waals surface area contributed by atoms with Crippen molar-refractivity contribution in [3.05, 3.63) is 65.2 Å². The summed E-state index contributed by atoms with van der Waals surface area (Å²) in [5.74, 6) is -0.454. The van der Waals surface area contributed by atoms with Crippen molar-refractivity contribution in [3.63, 3.8) is 0 Å². The highest BCUT2D eigenvalue weighted by Gasteiger charge is 2.30. The quantitative estimate of drug-likeness (QED) is 0.574. The van der Waals surface area contributed by atoms with E-state index < -0.39 is 28.5 Å². The van der Waals surface area contributed by atoms with E-state index in [1.54, 1.807) is 25.1 Å². The van der Waals surface area contributed by atoms with Crippen molar-refractivity contribution < 1.29 is 18.0 Å². The second-order valence-electron chi connectivity index (χ2n) is 8.93. The number of carbonyl (C=O) groups excluding carboxylic acids is 2. The van der Waals surface area contributed by atoms with Gasteiger partial charge in [0.25, 0.3) is 0 Å². The van der Waals surface area contributed by atoms with Gasteiger partial charge in [-0.05, 0) is 49.9 Å². The SMILES string of the molecule is Cc1ccc(CN(C(=O)CN(c2cccc(C)c2)S(C)(=O)=O)[C@@H](C)C(=O)NCC(C)C)cc1. The minimum absolute atomic E-state index is 0.195. The van der Waals surface area contributed by atoms with Crippen molar-refractivity contribution in [2.24, 2.45) is 5.92 Å². The molecule has 2 rings (SSSR count). The predicted octanol–water partition coefficient (Wildman–Crippen LogP) is 3.26. The van der Waals surface area contributed by atoms with E-state index in [0.29, 0.717) is 12.2 Å². The minimum Gasteiger partial charge on any atom is -0.354 e. The van der Waals surface area contributed by atoms with E-state index in [0.717, 1.165) is 27.3 Å². The molecule has 0 unspecified atom stereocenters. The molecule has 0 fully saturated rings. The Morgan fingerprint density at radius 2 is 1.61 bits per heavy atom. The van der Waals surface area contributed by atoms with E-state index in [1.807, 2.05) is 58.0 Å². The first kappa shape index (κ1) is 26.4. The highest BCUT2D eigenvalue weighted by molar-refractivity contribution is 7.92. The highest BCUT2D eigenvalue weighted by atomic mass is 32.2. The average molecular weight is 474 g/mol. The molecule has 33 heavy (non-hydrogen) atoms. The number of benzene rings is 2. The molecule has 0 saturated heterocycles. The third-order valence-corrected chi connectivity index (χ3v) is 6.43. The summed E-state index contributed by atoms with van der Waals surface area (Å²) >= 11 is 0. The second-order valence-corrected chi connectivity index (χ2v) is 10.8. The molecule has 0 spiro atoms. The summed E-state index contributed by atoms with van der Waals surface area (Å²) in [5.41, 5.74) is 3.24. The third-order valence-electron chi connectivity index (χ3n) is 5.29. The van der Waals surface area contributed by atoms with E-state index in [4.69, 9.17) is 0 Å². The van der Waals surface area contributed by atoms with Gasteiger partial charge in [0.1, 0.15) is 12.6 Å². The Labute approximate surface area is 197 Å². The van der Waals surface area contributed by atoms with Crippen LogP contribution in [-0.4, -0.2) is 50.5 Å². The summed E-state index contributed by atoms with van der Waals surface area (Å²) in [6.07, 6.45) is 1.08. The van der Waals surface area contributed by atoms with Gasteiger partial charge in [0.2, 0.25) is 21.8 Å². The maximum absolute atomic E-state index is 13.5. The van der Waals surface area contributed by atoms with Crippen LogP contribution in [0.25, 0.3) is 0 Å². The molecule has 2 aromatic carbocycles. The molecule has 0 aliphatic carbocycles. The van der Waals surface area contributed by atoms with Gasteiger partial charge in [0.15, 0.2) is 0 Å². The number of nitrogens with one attached hydrogen (secondary N) is 1. The number of sulfonamides is 1. The fourth-order valence-electron chi connectivity index (χ4n) is 3.32. The zero-order valence-electron chi connectivity index (χ0n) is 20.3. The van der Waals surface area contributed by atoms with E-state index >= 15 is 0 Å². The number of rotatable bonds is 10. The van der Waals surface area contributed by atoms with Crippen LogP contribution in [0.4, 0.5) is 5.69 Å². The predicted molar refractivity (Wildman–Crippen MR) is 132 cm³/mol. The molecular weight excluding hydrogens is 438 g/mol. The van der Waals surface area contributed by atoms with E-state index in [1.165, 1.54) is 4.90 Å². The molecule has 2 aromatic rings. The summed E-state index contributed by atoms with van der Waals surface area (Å²) in [7, 11) is -3.72. The van der Waals surface area contributed by atoms with Crippen LogP contribution in [0.1, 0.15) is 37.5 Å². The monoisotopic (exact) mass is 473 g/mol. The van der Waals surface area contributed by atoms with E-state index in [-0.39, 0.29) is 18.4 Å². The molecule has 0 aromatic heterocycles. The molecule has 2 amide bonds. The Kier molecular flexibility index (Phi) is 9.05. The largest absolute Gasteiger partial charge is 0.354 e. The van der Waals surface area contributed by atoms with Gasteiger partial charge in [-0.1, -0.05) is 55.8 Å². The second kappa shape index (κ2) is 11.3. The lowest BCUT2D eigenvalue weighted by atomic mass is 10.1. The normalized spacial score (nSPS) is 12.3. The zero-order valence-corrected chi connectivity index (χ0v) is 21.1. The van der Waals surface area contributed by atoms with Crippen molar-refractivity contribution in [2.45, 2.75) is 47.2 Å². The molecule has 1 atom stereocenters. The summed E-state index contributed by atoms with van der Waals surface area (Å²) in [4.78, 5) is 27.7. The Morgan fingerprint density at radius 1 is 0.970 bits per heavy atom. The van der Waals surface area contributed by atoms with Gasteiger partial charge < -0.3 is 10.2 Å². The minimum atomic E-state index is -3.72. The number of aryl methyl sites for hydroxylation is 2. The lowest BCUT2D eigenvalue weighted by Gasteiger charge is -2.31. The number of hydrogen-bond acceptors (Lipinski definition) is 4. The van der Waals surface area contributed by atoms with Crippen LogP contribution in [0, 0.1) is 19.8 Å². The molecule has 0 radical (unpaired) electrons. The molecule has 0 heterocycles. The summed E-state index contributed by atoms with van der Waals surface area (Å²) in [5, 5.41) is 2.87. The first-order chi connectivity index (χ1) is 15.4. The molecule has 0 aliphatic heterocycles. The maximum Gasteiger partial charge on any atom is 0.244 e. The first-order valence-corrected chi connectivity index (χ1v) is 12.9. The first-order valence-electron chi connectivity index (χ1n) is 11.1. The topological polar surface area (TPSA) is 86.8 Å². The van der Waals surface area contributed by atoms with Crippen LogP contribution in [0.5, 0.6) is 0 Å². The number of nitrogens with zero attached hydrogens (tertiary/aromatic N) is 2. The van der Waals surface area contributed by atoms with E-state index in [2.05, 4.69) is 5.32 Å².